The van der Waals surface area contributed by atoms with E-state index < -0.39 is 0 Å². The van der Waals surface area contributed by atoms with Crippen LogP contribution in [-0.4, -0.2) is 0 Å². The van der Waals surface area contributed by atoms with Crippen LogP contribution in [0.2, 0.25) is 0 Å². The minimum atomic E-state index is 0.616. The SMILES string of the molecule is CC1C=c2c3c(ccc2=CC1)-c1ccccc1CC3C. The predicted molar refractivity (Wildman–Crippen MR) is 86.0 cm³/mol. The van der Waals surface area contributed by atoms with Crippen molar-refractivity contribution in [2.45, 2.75) is 32.6 Å². The van der Waals surface area contributed by atoms with Crippen LogP contribution in [0.5, 0.6) is 0 Å². The average Bonchev–Trinajstić information content (AvgIpc) is 2.46. The largest absolute Gasteiger partial charge is 0.0761 e. The third kappa shape index (κ3) is 1.67. The highest BCUT2D eigenvalue weighted by Gasteiger charge is 2.23. The van der Waals surface area contributed by atoms with Crippen LogP contribution < -0.4 is 10.4 Å². The quantitative estimate of drug-likeness (QED) is 0.679. The first-order chi connectivity index (χ1) is 9.74. The van der Waals surface area contributed by atoms with E-state index in [0.29, 0.717) is 11.8 Å². The van der Waals surface area contributed by atoms with E-state index in [-0.39, 0.29) is 0 Å². The first kappa shape index (κ1) is 12.0. The summed E-state index contributed by atoms with van der Waals surface area (Å²) in [6, 6.07) is 13.5. The van der Waals surface area contributed by atoms with Gasteiger partial charge in [-0.05, 0) is 57.4 Å². The molecule has 4 rings (SSSR count). The van der Waals surface area contributed by atoms with Crippen molar-refractivity contribution in [3.63, 3.8) is 0 Å². The zero-order valence-corrected chi connectivity index (χ0v) is 12.2. The van der Waals surface area contributed by atoms with E-state index in [2.05, 4.69) is 62.4 Å². The van der Waals surface area contributed by atoms with E-state index in [1.54, 1.807) is 5.56 Å². The van der Waals surface area contributed by atoms with Gasteiger partial charge in [0.05, 0.1) is 0 Å². The maximum Gasteiger partial charge on any atom is -0.0137 e. The second-order valence-corrected chi connectivity index (χ2v) is 6.38. The third-order valence-corrected chi connectivity index (χ3v) is 4.81. The molecule has 0 bridgehead atoms. The van der Waals surface area contributed by atoms with Crippen molar-refractivity contribution in [2.24, 2.45) is 5.92 Å². The van der Waals surface area contributed by atoms with Crippen LogP contribution in [0, 0.1) is 5.92 Å². The molecule has 0 radical (unpaired) electrons. The lowest BCUT2D eigenvalue weighted by Crippen LogP contribution is -2.35. The highest BCUT2D eigenvalue weighted by atomic mass is 14.3. The highest BCUT2D eigenvalue weighted by molar-refractivity contribution is 5.75. The standard InChI is InChI=1S/C20H20/c1-13-7-8-15-9-10-18-17-6-4-3-5-16(17)12-14(2)20(18)19(15)11-13/h3-6,8-11,13-14H,7,12H2,1-2H3. The maximum atomic E-state index is 2.48. The van der Waals surface area contributed by atoms with Crippen LogP contribution in [0.1, 0.15) is 37.3 Å². The summed E-state index contributed by atoms with van der Waals surface area (Å²) in [5, 5.41) is 2.94. The molecule has 0 nitrogen and oxygen atoms in total. The lowest BCUT2D eigenvalue weighted by Gasteiger charge is -2.27. The zero-order valence-electron chi connectivity index (χ0n) is 12.2. The Morgan fingerprint density at radius 1 is 0.950 bits per heavy atom. The summed E-state index contributed by atoms with van der Waals surface area (Å²) in [4.78, 5) is 0. The van der Waals surface area contributed by atoms with Crippen molar-refractivity contribution in [3.8, 4) is 11.1 Å². The van der Waals surface area contributed by atoms with Gasteiger partial charge >= 0.3 is 0 Å². The van der Waals surface area contributed by atoms with Gasteiger partial charge in [0.15, 0.2) is 0 Å². The van der Waals surface area contributed by atoms with E-state index in [1.807, 2.05) is 0 Å². The molecule has 0 heterocycles. The second kappa shape index (κ2) is 4.34. The Labute approximate surface area is 120 Å². The summed E-state index contributed by atoms with van der Waals surface area (Å²) in [5.41, 5.74) is 5.97. The van der Waals surface area contributed by atoms with Gasteiger partial charge in [0.2, 0.25) is 0 Å². The van der Waals surface area contributed by atoms with Crippen LogP contribution in [0.4, 0.5) is 0 Å². The van der Waals surface area contributed by atoms with Crippen molar-refractivity contribution >= 4 is 12.2 Å². The van der Waals surface area contributed by atoms with E-state index in [1.165, 1.54) is 40.0 Å². The van der Waals surface area contributed by atoms with Gasteiger partial charge in [-0.1, -0.05) is 62.4 Å². The average molecular weight is 260 g/mol. The van der Waals surface area contributed by atoms with Crippen LogP contribution in [0.3, 0.4) is 0 Å². The van der Waals surface area contributed by atoms with Crippen molar-refractivity contribution in [3.05, 3.63) is 58.0 Å². The fourth-order valence-electron chi connectivity index (χ4n) is 3.84. The van der Waals surface area contributed by atoms with Crippen LogP contribution >= 0.6 is 0 Å². The molecule has 2 aromatic carbocycles. The molecule has 0 aliphatic heterocycles. The first-order valence-corrected chi connectivity index (χ1v) is 7.67. The van der Waals surface area contributed by atoms with Crippen molar-refractivity contribution in [1.82, 2.24) is 0 Å². The van der Waals surface area contributed by atoms with Crippen LogP contribution in [0.25, 0.3) is 23.3 Å². The maximum absolute atomic E-state index is 2.48. The summed E-state index contributed by atoms with van der Waals surface area (Å²) in [7, 11) is 0. The molecule has 2 atom stereocenters. The Hall–Kier alpha value is -1.82. The highest BCUT2D eigenvalue weighted by Crippen LogP contribution is 2.37. The van der Waals surface area contributed by atoms with Crippen LogP contribution in [-0.2, 0) is 6.42 Å². The molecule has 100 valence electrons. The Balaban J connectivity index is 2.10. The zero-order chi connectivity index (χ0) is 13.7. The number of fused-ring (bicyclic) bond motifs is 5. The summed E-state index contributed by atoms with van der Waals surface area (Å²) < 4.78 is 0. The van der Waals surface area contributed by atoms with Gasteiger partial charge in [0, 0.05) is 0 Å². The molecule has 20 heavy (non-hydrogen) atoms. The lowest BCUT2D eigenvalue weighted by molar-refractivity contribution is 0.734. The minimum Gasteiger partial charge on any atom is -0.0761 e. The second-order valence-electron chi connectivity index (χ2n) is 6.38. The van der Waals surface area contributed by atoms with Gasteiger partial charge in [-0.25, -0.2) is 0 Å². The molecule has 0 N–H and O–H groups in total. The van der Waals surface area contributed by atoms with Crippen molar-refractivity contribution in [2.75, 3.05) is 0 Å². The van der Waals surface area contributed by atoms with E-state index in [0.717, 1.165) is 0 Å². The molecule has 2 unspecified atom stereocenters. The lowest BCUT2D eigenvalue weighted by atomic mass is 9.77. The van der Waals surface area contributed by atoms with Gasteiger partial charge in [-0.3, -0.25) is 0 Å². The molecule has 2 aliphatic rings. The normalized spacial score (nSPS) is 22.9. The Kier molecular flexibility index (Phi) is 2.60. The van der Waals surface area contributed by atoms with Gasteiger partial charge in [0.1, 0.15) is 0 Å². The topological polar surface area (TPSA) is 0 Å². The number of hydrogen-bond donors (Lipinski definition) is 0. The monoisotopic (exact) mass is 260 g/mol. The summed E-state index contributed by atoms with van der Waals surface area (Å²) in [5.74, 6) is 1.28. The Morgan fingerprint density at radius 2 is 1.80 bits per heavy atom. The molecular formula is C20H20. The van der Waals surface area contributed by atoms with E-state index in [4.69, 9.17) is 0 Å². The number of rotatable bonds is 0. The van der Waals surface area contributed by atoms with Crippen molar-refractivity contribution < 1.29 is 0 Å². The molecule has 0 spiro atoms. The number of hydrogen-bond acceptors (Lipinski definition) is 0. The fraction of sp³-hybridized carbons (Fsp3) is 0.300. The van der Waals surface area contributed by atoms with Crippen molar-refractivity contribution in [1.29, 1.82) is 0 Å². The molecule has 0 saturated heterocycles. The molecule has 0 saturated carbocycles. The number of benzene rings is 2. The van der Waals surface area contributed by atoms with E-state index in [9.17, 15) is 0 Å². The van der Waals surface area contributed by atoms with E-state index >= 15 is 0 Å². The molecule has 2 aromatic rings. The van der Waals surface area contributed by atoms with Gasteiger partial charge in [-0.15, -0.1) is 0 Å². The predicted octanol–water partition coefficient (Wildman–Crippen LogP) is 3.61. The summed E-state index contributed by atoms with van der Waals surface area (Å²) in [6.07, 6.45) is 7.24. The third-order valence-electron chi connectivity index (χ3n) is 4.81. The van der Waals surface area contributed by atoms with Crippen LogP contribution in [0.15, 0.2) is 36.4 Å². The molecule has 2 aliphatic carbocycles. The molecule has 0 fully saturated rings. The Bertz CT molecular complexity index is 795. The Morgan fingerprint density at radius 3 is 2.70 bits per heavy atom. The molecule has 0 amide bonds. The summed E-state index contributed by atoms with van der Waals surface area (Å²) in [6.45, 7) is 4.70. The first-order valence-electron chi connectivity index (χ1n) is 7.67. The van der Waals surface area contributed by atoms with Gasteiger partial charge in [0.25, 0.3) is 0 Å². The smallest absolute Gasteiger partial charge is 0.0137 e. The molecular weight excluding hydrogens is 240 g/mol. The van der Waals surface area contributed by atoms with Gasteiger partial charge in [-0.2, -0.15) is 0 Å². The van der Waals surface area contributed by atoms with Gasteiger partial charge < -0.3 is 0 Å². The minimum absolute atomic E-state index is 0.616. The molecule has 0 heteroatoms. The fourth-order valence-corrected chi connectivity index (χ4v) is 3.84. The summed E-state index contributed by atoms with van der Waals surface area (Å²) >= 11 is 0. The molecule has 0 aromatic heterocycles.